The van der Waals surface area contributed by atoms with Gasteiger partial charge in [-0.25, -0.2) is 4.79 Å². The normalized spacial score (nSPS) is 22.6. The van der Waals surface area contributed by atoms with Crippen LogP contribution in [0.3, 0.4) is 0 Å². The van der Waals surface area contributed by atoms with Crippen molar-refractivity contribution in [2.45, 2.75) is 25.8 Å². The molecule has 6 nitrogen and oxygen atoms in total. The highest BCUT2D eigenvalue weighted by Gasteiger charge is 2.47. The number of nitrogens with one attached hydrogen (secondary N) is 2. The molecule has 0 radical (unpaired) electrons. The van der Waals surface area contributed by atoms with E-state index in [4.69, 9.17) is 11.6 Å². The van der Waals surface area contributed by atoms with Crippen molar-refractivity contribution in [3.8, 4) is 0 Å². The minimum Gasteiger partial charge on any atom is -0.322 e. The fourth-order valence-electron chi connectivity index (χ4n) is 1.62. The highest BCUT2D eigenvalue weighted by atomic mass is 35.5. The molecule has 102 valence electrons. The molecule has 2 heterocycles. The predicted octanol–water partition coefficient (Wildman–Crippen LogP) is 1.77. The zero-order valence-electron chi connectivity index (χ0n) is 10.3. The van der Waals surface area contributed by atoms with Gasteiger partial charge in [0.25, 0.3) is 11.8 Å². The van der Waals surface area contributed by atoms with Crippen LogP contribution in [-0.2, 0) is 4.79 Å². The quantitative estimate of drug-likeness (QED) is 0.835. The van der Waals surface area contributed by atoms with Gasteiger partial charge in [-0.05, 0) is 25.5 Å². The highest BCUT2D eigenvalue weighted by Crippen LogP contribution is 2.23. The summed E-state index contributed by atoms with van der Waals surface area (Å²) in [5, 5.41) is 3.25. The van der Waals surface area contributed by atoms with E-state index in [0.29, 0.717) is 20.6 Å². The smallest absolute Gasteiger partial charge is 0.322 e. The molecule has 0 aromatic carbocycles. The largest absolute Gasteiger partial charge is 0.344 e. The van der Waals surface area contributed by atoms with E-state index in [1.165, 1.54) is 6.07 Å². The lowest BCUT2D eigenvalue weighted by Crippen LogP contribution is -2.48. The van der Waals surface area contributed by atoms with E-state index in [-0.39, 0.29) is 0 Å². The molecule has 8 heteroatoms. The molecule has 1 saturated heterocycles. The maximum Gasteiger partial charge on any atom is 0.344 e. The van der Waals surface area contributed by atoms with Crippen LogP contribution >= 0.6 is 22.9 Å². The van der Waals surface area contributed by atoms with Crippen molar-refractivity contribution in [1.82, 2.24) is 15.8 Å². The molecule has 1 aromatic rings. The third kappa shape index (κ3) is 2.43. The van der Waals surface area contributed by atoms with E-state index in [1.807, 2.05) is 0 Å². The Hall–Kier alpha value is -1.60. The first-order valence-electron chi connectivity index (χ1n) is 5.60. The minimum absolute atomic E-state index is 0.329. The first-order chi connectivity index (χ1) is 8.87. The fourth-order valence-corrected chi connectivity index (χ4v) is 2.55. The second-order valence-corrected chi connectivity index (χ2v) is 6.02. The maximum atomic E-state index is 12.0. The Bertz CT molecular complexity index is 559. The van der Waals surface area contributed by atoms with Crippen LogP contribution in [0.25, 0.3) is 0 Å². The Morgan fingerprint density at radius 1 is 1.53 bits per heavy atom. The molecule has 1 aliphatic rings. The number of amides is 4. The first kappa shape index (κ1) is 13.8. The van der Waals surface area contributed by atoms with Crippen molar-refractivity contribution >= 4 is 40.8 Å². The molecule has 1 fully saturated rings. The molecule has 2 N–H and O–H groups in total. The summed E-state index contributed by atoms with van der Waals surface area (Å²) in [7, 11) is 0. The number of carbonyl (C=O) groups is 3. The average molecular weight is 302 g/mol. The van der Waals surface area contributed by atoms with Crippen molar-refractivity contribution < 1.29 is 14.4 Å². The zero-order valence-corrected chi connectivity index (χ0v) is 11.9. The molecule has 0 spiro atoms. The number of thiophene rings is 1. The summed E-state index contributed by atoms with van der Waals surface area (Å²) in [6, 6.07) is 2.47. The maximum absolute atomic E-state index is 12.0. The number of carbonyl (C=O) groups excluding carboxylic acids is 3. The monoisotopic (exact) mass is 301 g/mol. The van der Waals surface area contributed by atoms with Gasteiger partial charge in [0.1, 0.15) is 5.54 Å². The standard InChI is InChI=1S/C11H12ClN3O3S/c1-3-11(2)9(17)15(10(18)13-11)14-8(16)6-4-5-7(12)19-6/h4-5H,3H2,1-2H3,(H,13,18)(H,14,16)/t11-/m0/s1. The lowest BCUT2D eigenvalue weighted by atomic mass is 10.00. The lowest BCUT2D eigenvalue weighted by Gasteiger charge is -2.19. The number of rotatable bonds is 3. The molecule has 0 bridgehead atoms. The van der Waals surface area contributed by atoms with Crippen LogP contribution in [0, 0.1) is 0 Å². The molecule has 1 aliphatic heterocycles. The van der Waals surface area contributed by atoms with Crippen molar-refractivity contribution in [1.29, 1.82) is 0 Å². The van der Waals surface area contributed by atoms with Gasteiger partial charge in [-0.3, -0.25) is 15.0 Å². The van der Waals surface area contributed by atoms with Crippen molar-refractivity contribution in [2.24, 2.45) is 0 Å². The summed E-state index contributed by atoms with van der Waals surface area (Å²) in [4.78, 5) is 35.9. The van der Waals surface area contributed by atoms with Gasteiger partial charge in [0.2, 0.25) is 0 Å². The Balaban J connectivity index is 2.14. The van der Waals surface area contributed by atoms with Gasteiger partial charge in [0.05, 0.1) is 9.21 Å². The molecule has 4 amide bonds. The van der Waals surface area contributed by atoms with Gasteiger partial charge in [0, 0.05) is 0 Å². The van der Waals surface area contributed by atoms with E-state index in [1.54, 1.807) is 19.9 Å². The van der Waals surface area contributed by atoms with Crippen molar-refractivity contribution in [3.05, 3.63) is 21.3 Å². The van der Waals surface area contributed by atoms with Crippen LogP contribution in [0.4, 0.5) is 4.79 Å². The Kier molecular flexibility index (Phi) is 3.51. The van der Waals surface area contributed by atoms with Gasteiger partial charge >= 0.3 is 6.03 Å². The molecular weight excluding hydrogens is 290 g/mol. The van der Waals surface area contributed by atoms with Crippen LogP contribution in [0.5, 0.6) is 0 Å². The summed E-state index contributed by atoms with van der Waals surface area (Å²) in [5.74, 6) is -1.02. The molecule has 1 aromatic heterocycles. The Morgan fingerprint density at radius 3 is 2.68 bits per heavy atom. The third-order valence-corrected chi connectivity index (χ3v) is 4.21. The number of urea groups is 1. The van der Waals surface area contributed by atoms with Crippen LogP contribution in [0.2, 0.25) is 4.34 Å². The third-order valence-electron chi connectivity index (χ3n) is 2.98. The molecular formula is C11H12ClN3O3S. The second kappa shape index (κ2) is 4.82. The Labute approximate surface area is 118 Å². The lowest BCUT2D eigenvalue weighted by molar-refractivity contribution is -0.132. The fraction of sp³-hybridized carbons (Fsp3) is 0.364. The number of hydrogen-bond acceptors (Lipinski definition) is 4. The zero-order chi connectivity index (χ0) is 14.2. The number of hydrogen-bond donors (Lipinski definition) is 2. The molecule has 0 saturated carbocycles. The van der Waals surface area contributed by atoms with E-state index in [0.717, 1.165) is 11.3 Å². The highest BCUT2D eigenvalue weighted by molar-refractivity contribution is 7.18. The molecule has 0 aliphatic carbocycles. The Morgan fingerprint density at radius 2 is 2.21 bits per heavy atom. The SMILES string of the molecule is CC[C@]1(C)NC(=O)N(NC(=O)c2ccc(Cl)s2)C1=O. The summed E-state index contributed by atoms with van der Waals surface area (Å²) >= 11 is 6.80. The van der Waals surface area contributed by atoms with Gasteiger partial charge in [0.15, 0.2) is 0 Å². The van der Waals surface area contributed by atoms with Crippen LogP contribution in [-0.4, -0.2) is 28.4 Å². The van der Waals surface area contributed by atoms with Gasteiger partial charge < -0.3 is 5.32 Å². The summed E-state index contributed by atoms with van der Waals surface area (Å²) in [6.45, 7) is 3.39. The summed E-state index contributed by atoms with van der Waals surface area (Å²) in [5.41, 5.74) is 1.31. The number of imide groups is 1. The van der Waals surface area contributed by atoms with E-state index in [2.05, 4.69) is 10.7 Å². The van der Waals surface area contributed by atoms with E-state index >= 15 is 0 Å². The number of nitrogens with zero attached hydrogens (tertiary/aromatic N) is 1. The van der Waals surface area contributed by atoms with Crippen LogP contribution < -0.4 is 10.7 Å². The van der Waals surface area contributed by atoms with Crippen molar-refractivity contribution in [3.63, 3.8) is 0 Å². The minimum atomic E-state index is -0.975. The summed E-state index contributed by atoms with van der Waals surface area (Å²) < 4.78 is 0.459. The average Bonchev–Trinajstić information content (AvgIpc) is 2.88. The number of hydrazine groups is 1. The van der Waals surface area contributed by atoms with E-state index in [9.17, 15) is 14.4 Å². The molecule has 19 heavy (non-hydrogen) atoms. The topological polar surface area (TPSA) is 78.5 Å². The predicted molar refractivity (Wildman–Crippen MR) is 70.9 cm³/mol. The second-order valence-electron chi connectivity index (χ2n) is 4.30. The van der Waals surface area contributed by atoms with Gasteiger partial charge in [-0.15, -0.1) is 11.3 Å². The van der Waals surface area contributed by atoms with Crippen LogP contribution in [0.1, 0.15) is 29.9 Å². The number of halogens is 1. The molecule has 1 atom stereocenters. The van der Waals surface area contributed by atoms with Crippen LogP contribution in [0.15, 0.2) is 12.1 Å². The van der Waals surface area contributed by atoms with Crippen molar-refractivity contribution in [2.75, 3.05) is 0 Å². The van der Waals surface area contributed by atoms with E-state index < -0.39 is 23.4 Å². The first-order valence-corrected chi connectivity index (χ1v) is 6.80. The summed E-state index contributed by atoms with van der Waals surface area (Å²) in [6.07, 6.45) is 0.439. The molecule has 0 unspecified atom stereocenters. The van der Waals surface area contributed by atoms with Gasteiger partial charge in [-0.2, -0.15) is 5.01 Å². The van der Waals surface area contributed by atoms with Gasteiger partial charge in [-0.1, -0.05) is 18.5 Å². The molecule has 2 rings (SSSR count).